The van der Waals surface area contributed by atoms with E-state index in [1.807, 2.05) is 12.1 Å². The lowest BCUT2D eigenvalue weighted by Crippen LogP contribution is -2.01. The standard InChI is InChI=1S/C12H11BrO/c13-9-5-3-7-11-12(9)8-4-1-2-6-10(8)14-11/h1-2,4,6,9H,3,5,7H2. The first-order valence-corrected chi connectivity index (χ1v) is 5.92. The number of aryl methyl sites for hydroxylation is 1. The van der Waals surface area contributed by atoms with Crippen molar-refractivity contribution in [2.45, 2.75) is 24.1 Å². The van der Waals surface area contributed by atoms with Crippen molar-refractivity contribution in [1.29, 1.82) is 0 Å². The number of halogens is 1. The molecule has 14 heavy (non-hydrogen) atoms. The molecule has 2 heteroatoms. The van der Waals surface area contributed by atoms with Crippen molar-refractivity contribution < 1.29 is 4.42 Å². The first kappa shape index (κ1) is 8.54. The Kier molecular flexibility index (Phi) is 1.91. The Balaban J connectivity index is 2.34. The van der Waals surface area contributed by atoms with Gasteiger partial charge in [-0.15, -0.1) is 0 Å². The summed E-state index contributed by atoms with van der Waals surface area (Å²) in [7, 11) is 0. The minimum absolute atomic E-state index is 0.481. The fourth-order valence-electron chi connectivity index (χ4n) is 2.23. The van der Waals surface area contributed by atoms with Crippen LogP contribution in [0.3, 0.4) is 0 Å². The van der Waals surface area contributed by atoms with Crippen molar-refractivity contribution >= 4 is 26.9 Å². The van der Waals surface area contributed by atoms with E-state index in [0.29, 0.717) is 4.83 Å². The number of fused-ring (bicyclic) bond motifs is 3. The molecule has 0 saturated carbocycles. The number of hydrogen-bond donors (Lipinski definition) is 0. The van der Waals surface area contributed by atoms with Crippen molar-refractivity contribution in [3.63, 3.8) is 0 Å². The van der Waals surface area contributed by atoms with Gasteiger partial charge < -0.3 is 4.42 Å². The van der Waals surface area contributed by atoms with Gasteiger partial charge in [0.15, 0.2) is 0 Å². The van der Waals surface area contributed by atoms with Gasteiger partial charge in [-0.25, -0.2) is 0 Å². The van der Waals surface area contributed by atoms with Crippen molar-refractivity contribution in [3.8, 4) is 0 Å². The Morgan fingerprint density at radius 3 is 3.07 bits per heavy atom. The molecule has 0 fully saturated rings. The second-order valence-electron chi connectivity index (χ2n) is 3.79. The van der Waals surface area contributed by atoms with Gasteiger partial charge in [0.25, 0.3) is 0 Å². The minimum Gasteiger partial charge on any atom is -0.461 e. The van der Waals surface area contributed by atoms with E-state index in [2.05, 4.69) is 28.1 Å². The minimum atomic E-state index is 0.481. The van der Waals surface area contributed by atoms with Crippen LogP contribution in [-0.2, 0) is 6.42 Å². The molecule has 72 valence electrons. The van der Waals surface area contributed by atoms with Gasteiger partial charge in [-0.05, 0) is 18.9 Å². The average Bonchev–Trinajstić information content (AvgIpc) is 2.57. The summed E-state index contributed by atoms with van der Waals surface area (Å²) in [6, 6.07) is 8.30. The lowest BCUT2D eigenvalue weighted by molar-refractivity contribution is 0.505. The van der Waals surface area contributed by atoms with E-state index in [0.717, 1.165) is 12.0 Å². The van der Waals surface area contributed by atoms with Crippen LogP contribution in [0.15, 0.2) is 28.7 Å². The highest BCUT2D eigenvalue weighted by Crippen LogP contribution is 2.41. The second kappa shape index (κ2) is 3.13. The molecule has 3 rings (SSSR count). The molecule has 0 amide bonds. The summed E-state index contributed by atoms with van der Waals surface area (Å²) in [6.07, 6.45) is 3.53. The van der Waals surface area contributed by atoms with E-state index in [4.69, 9.17) is 4.42 Å². The maximum Gasteiger partial charge on any atom is 0.134 e. The van der Waals surface area contributed by atoms with E-state index in [1.165, 1.54) is 29.6 Å². The number of para-hydroxylation sites is 1. The van der Waals surface area contributed by atoms with Gasteiger partial charge in [-0.2, -0.15) is 0 Å². The zero-order chi connectivity index (χ0) is 9.54. The van der Waals surface area contributed by atoms with Crippen molar-refractivity contribution in [2.24, 2.45) is 0 Å². The first-order chi connectivity index (χ1) is 6.86. The molecule has 1 aliphatic rings. The van der Waals surface area contributed by atoms with Crippen molar-refractivity contribution in [2.75, 3.05) is 0 Å². The zero-order valence-corrected chi connectivity index (χ0v) is 9.38. The van der Waals surface area contributed by atoms with Gasteiger partial charge in [0, 0.05) is 22.2 Å². The van der Waals surface area contributed by atoms with Crippen LogP contribution in [0.4, 0.5) is 0 Å². The second-order valence-corrected chi connectivity index (χ2v) is 4.90. The summed E-state index contributed by atoms with van der Waals surface area (Å²) in [5.74, 6) is 1.18. The highest BCUT2D eigenvalue weighted by atomic mass is 79.9. The normalized spacial score (nSPS) is 21.1. The third-order valence-corrected chi connectivity index (χ3v) is 3.80. The lowest BCUT2D eigenvalue weighted by atomic mass is 9.96. The number of alkyl halides is 1. The molecule has 0 saturated heterocycles. The molecule has 1 aromatic heterocycles. The summed E-state index contributed by atoms with van der Waals surface area (Å²) >= 11 is 3.73. The topological polar surface area (TPSA) is 13.1 Å². The molecule has 2 aromatic rings. The van der Waals surface area contributed by atoms with E-state index in [9.17, 15) is 0 Å². The van der Waals surface area contributed by atoms with Gasteiger partial charge in [-0.3, -0.25) is 0 Å². The van der Waals surface area contributed by atoms with E-state index in [1.54, 1.807) is 0 Å². The van der Waals surface area contributed by atoms with E-state index < -0.39 is 0 Å². The molecule has 1 heterocycles. The molecule has 0 aliphatic heterocycles. The molecule has 1 aliphatic carbocycles. The predicted octanol–water partition coefficient (Wildman–Crippen LogP) is 4.21. The average molecular weight is 251 g/mol. The highest BCUT2D eigenvalue weighted by Gasteiger charge is 2.23. The molecule has 1 aromatic carbocycles. The maximum atomic E-state index is 5.83. The third-order valence-electron chi connectivity index (χ3n) is 2.89. The fraction of sp³-hybridized carbons (Fsp3) is 0.333. The van der Waals surface area contributed by atoms with Crippen LogP contribution in [0.1, 0.15) is 29.0 Å². The fourth-order valence-corrected chi connectivity index (χ4v) is 3.06. The Labute approximate surface area is 91.2 Å². The van der Waals surface area contributed by atoms with E-state index >= 15 is 0 Å². The van der Waals surface area contributed by atoms with Crippen molar-refractivity contribution in [3.05, 3.63) is 35.6 Å². The molecule has 0 bridgehead atoms. The van der Waals surface area contributed by atoms with Crippen molar-refractivity contribution in [1.82, 2.24) is 0 Å². The van der Waals surface area contributed by atoms with Gasteiger partial charge >= 0.3 is 0 Å². The summed E-state index contributed by atoms with van der Waals surface area (Å²) in [5, 5.41) is 1.28. The number of benzene rings is 1. The number of furan rings is 1. The highest BCUT2D eigenvalue weighted by molar-refractivity contribution is 9.09. The molecular formula is C12H11BrO. The van der Waals surface area contributed by atoms with Crippen LogP contribution in [0.25, 0.3) is 11.0 Å². The molecule has 1 nitrogen and oxygen atoms in total. The molecule has 0 N–H and O–H groups in total. The lowest BCUT2D eigenvalue weighted by Gasteiger charge is -2.15. The Morgan fingerprint density at radius 2 is 2.14 bits per heavy atom. The Bertz CT molecular complexity index is 472. The predicted molar refractivity (Wildman–Crippen MR) is 60.8 cm³/mol. The van der Waals surface area contributed by atoms with Gasteiger partial charge in [0.1, 0.15) is 11.3 Å². The molecular weight excluding hydrogens is 240 g/mol. The number of hydrogen-bond acceptors (Lipinski definition) is 1. The van der Waals surface area contributed by atoms with E-state index in [-0.39, 0.29) is 0 Å². The monoisotopic (exact) mass is 250 g/mol. The summed E-state index contributed by atoms with van der Waals surface area (Å²) in [6.45, 7) is 0. The van der Waals surface area contributed by atoms with Gasteiger partial charge in [0.2, 0.25) is 0 Å². The van der Waals surface area contributed by atoms with Crippen LogP contribution < -0.4 is 0 Å². The van der Waals surface area contributed by atoms with Gasteiger partial charge in [0.05, 0.1) is 0 Å². The van der Waals surface area contributed by atoms with Crippen LogP contribution in [0.5, 0.6) is 0 Å². The van der Waals surface area contributed by atoms with Gasteiger partial charge in [-0.1, -0.05) is 34.1 Å². The van der Waals surface area contributed by atoms with Crippen LogP contribution in [0, 0.1) is 0 Å². The SMILES string of the molecule is BrC1CCCc2oc3ccccc3c21. The third kappa shape index (κ3) is 1.13. The summed E-state index contributed by atoms with van der Waals surface area (Å²) in [4.78, 5) is 0.481. The first-order valence-electron chi connectivity index (χ1n) is 5.00. The number of rotatable bonds is 0. The molecule has 1 unspecified atom stereocenters. The zero-order valence-electron chi connectivity index (χ0n) is 7.79. The Morgan fingerprint density at radius 1 is 1.29 bits per heavy atom. The van der Waals surface area contributed by atoms with Crippen LogP contribution in [-0.4, -0.2) is 0 Å². The maximum absolute atomic E-state index is 5.83. The summed E-state index contributed by atoms with van der Waals surface area (Å²) < 4.78 is 5.83. The van der Waals surface area contributed by atoms with Crippen LogP contribution >= 0.6 is 15.9 Å². The Hall–Kier alpha value is -0.760. The van der Waals surface area contributed by atoms with Crippen LogP contribution in [0.2, 0.25) is 0 Å². The quantitative estimate of drug-likeness (QED) is 0.639. The molecule has 1 atom stereocenters. The smallest absolute Gasteiger partial charge is 0.134 e. The largest absolute Gasteiger partial charge is 0.461 e. The summed E-state index contributed by atoms with van der Waals surface area (Å²) in [5.41, 5.74) is 2.41. The molecule has 0 radical (unpaired) electrons. The molecule has 0 spiro atoms.